The number of aryl methyl sites for hydroxylation is 1. The quantitative estimate of drug-likeness (QED) is 0.846. The average molecular weight is 333 g/mol. The number of aromatic nitrogens is 1. The van der Waals surface area contributed by atoms with E-state index in [2.05, 4.69) is 70.4 Å². The molecule has 0 saturated heterocycles. The van der Waals surface area contributed by atoms with Crippen molar-refractivity contribution < 1.29 is 0 Å². The van der Waals surface area contributed by atoms with Crippen LogP contribution in [0, 0.1) is 6.92 Å². The molecule has 0 spiro atoms. The molecule has 1 heterocycles. The lowest BCUT2D eigenvalue weighted by molar-refractivity contribution is 0.515. The van der Waals surface area contributed by atoms with E-state index in [1.54, 1.807) is 0 Å². The number of halogens is 1. The topological polar surface area (TPSA) is 24.9 Å². The van der Waals surface area contributed by atoms with E-state index in [0.717, 1.165) is 29.6 Å². The lowest BCUT2D eigenvalue weighted by Gasteiger charge is -2.20. The summed E-state index contributed by atoms with van der Waals surface area (Å²) in [5.41, 5.74) is 3.80. The van der Waals surface area contributed by atoms with E-state index in [4.69, 9.17) is 0 Å². The number of rotatable bonds is 6. The molecule has 0 aliphatic rings. The van der Waals surface area contributed by atoms with Crippen LogP contribution < -0.4 is 5.32 Å². The molecule has 20 heavy (non-hydrogen) atoms. The van der Waals surface area contributed by atoms with Crippen molar-refractivity contribution in [3.05, 3.63) is 63.9 Å². The molecule has 0 aliphatic heterocycles. The van der Waals surface area contributed by atoms with Crippen LogP contribution in [-0.4, -0.2) is 11.5 Å². The molecule has 0 radical (unpaired) electrons. The van der Waals surface area contributed by atoms with Gasteiger partial charge >= 0.3 is 0 Å². The van der Waals surface area contributed by atoms with Gasteiger partial charge in [0.1, 0.15) is 0 Å². The summed E-state index contributed by atoms with van der Waals surface area (Å²) in [4.78, 5) is 4.55. The van der Waals surface area contributed by atoms with Crippen LogP contribution in [-0.2, 0) is 6.42 Å². The summed E-state index contributed by atoms with van der Waals surface area (Å²) in [6.07, 6.45) is 3.94. The van der Waals surface area contributed by atoms with Gasteiger partial charge in [-0.15, -0.1) is 0 Å². The Morgan fingerprint density at radius 1 is 1.20 bits per heavy atom. The fourth-order valence-corrected chi connectivity index (χ4v) is 2.83. The van der Waals surface area contributed by atoms with Gasteiger partial charge in [-0.1, -0.05) is 31.2 Å². The molecular formula is C17H21BrN2. The Labute approximate surface area is 129 Å². The van der Waals surface area contributed by atoms with Crippen LogP contribution in [0.4, 0.5) is 0 Å². The lowest BCUT2D eigenvalue weighted by Crippen LogP contribution is -2.25. The number of benzene rings is 1. The van der Waals surface area contributed by atoms with Crippen molar-refractivity contribution in [3.8, 4) is 0 Å². The van der Waals surface area contributed by atoms with E-state index in [1.807, 2.05) is 12.3 Å². The largest absolute Gasteiger partial charge is 0.308 e. The minimum atomic E-state index is 0.242. The van der Waals surface area contributed by atoms with Crippen LogP contribution in [0.25, 0.3) is 0 Å². The van der Waals surface area contributed by atoms with Crippen molar-refractivity contribution in [1.29, 1.82) is 0 Å². The second-order valence-corrected chi connectivity index (χ2v) is 5.86. The molecule has 2 nitrogen and oxygen atoms in total. The summed E-state index contributed by atoms with van der Waals surface area (Å²) in [6, 6.07) is 12.8. The maximum atomic E-state index is 4.55. The van der Waals surface area contributed by atoms with Gasteiger partial charge in [0.05, 0.1) is 11.7 Å². The number of hydrogen-bond acceptors (Lipinski definition) is 2. The van der Waals surface area contributed by atoms with Crippen LogP contribution in [0.3, 0.4) is 0 Å². The highest BCUT2D eigenvalue weighted by Gasteiger charge is 2.16. The van der Waals surface area contributed by atoms with Gasteiger partial charge in [-0.25, -0.2) is 0 Å². The third-order valence-corrected chi connectivity index (χ3v) is 4.11. The standard InChI is InChI=1S/C17H21BrN2/c1-3-10-19-16(17-15(18)9-6-11-20-17)12-14-8-5-4-7-13(14)2/h4-9,11,16,19H,3,10,12H2,1-2H3. The highest BCUT2D eigenvalue weighted by atomic mass is 79.9. The smallest absolute Gasteiger partial charge is 0.0718 e. The normalized spacial score (nSPS) is 12.3. The molecule has 1 N–H and O–H groups in total. The Balaban J connectivity index is 2.24. The zero-order valence-corrected chi connectivity index (χ0v) is 13.7. The summed E-state index contributed by atoms with van der Waals surface area (Å²) >= 11 is 3.62. The van der Waals surface area contributed by atoms with E-state index in [1.165, 1.54) is 11.1 Å². The second kappa shape index (κ2) is 7.55. The van der Waals surface area contributed by atoms with E-state index < -0.39 is 0 Å². The molecule has 1 aromatic carbocycles. The predicted octanol–water partition coefficient (Wildman–Crippen LogP) is 4.44. The van der Waals surface area contributed by atoms with Gasteiger partial charge in [0.15, 0.2) is 0 Å². The van der Waals surface area contributed by atoms with Crippen molar-refractivity contribution >= 4 is 15.9 Å². The average Bonchev–Trinajstić information content (AvgIpc) is 2.46. The van der Waals surface area contributed by atoms with Crippen molar-refractivity contribution in [1.82, 2.24) is 10.3 Å². The van der Waals surface area contributed by atoms with Crippen LogP contribution in [0.1, 0.15) is 36.2 Å². The van der Waals surface area contributed by atoms with Crippen molar-refractivity contribution in [2.75, 3.05) is 6.54 Å². The van der Waals surface area contributed by atoms with Gasteiger partial charge in [-0.3, -0.25) is 4.98 Å². The molecule has 1 unspecified atom stereocenters. The maximum absolute atomic E-state index is 4.55. The minimum absolute atomic E-state index is 0.242. The Morgan fingerprint density at radius 3 is 2.70 bits per heavy atom. The van der Waals surface area contributed by atoms with Gasteiger partial charge < -0.3 is 5.32 Å². The first-order valence-corrected chi connectivity index (χ1v) is 7.90. The summed E-state index contributed by atoms with van der Waals surface area (Å²) in [5, 5.41) is 3.61. The fourth-order valence-electron chi connectivity index (χ4n) is 2.30. The number of pyridine rings is 1. The molecule has 3 heteroatoms. The molecule has 0 amide bonds. The fraction of sp³-hybridized carbons (Fsp3) is 0.353. The van der Waals surface area contributed by atoms with Gasteiger partial charge in [0.25, 0.3) is 0 Å². The highest BCUT2D eigenvalue weighted by Crippen LogP contribution is 2.25. The molecule has 0 saturated carbocycles. The van der Waals surface area contributed by atoms with Crippen LogP contribution in [0.5, 0.6) is 0 Å². The molecule has 0 aliphatic carbocycles. The summed E-state index contributed by atoms with van der Waals surface area (Å²) in [6.45, 7) is 5.35. The maximum Gasteiger partial charge on any atom is 0.0718 e. The third kappa shape index (κ3) is 3.90. The zero-order chi connectivity index (χ0) is 14.4. The van der Waals surface area contributed by atoms with E-state index in [9.17, 15) is 0 Å². The van der Waals surface area contributed by atoms with Crippen molar-refractivity contribution in [2.45, 2.75) is 32.7 Å². The lowest BCUT2D eigenvalue weighted by atomic mass is 9.99. The first-order chi connectivity index (χ1) is 9.72. The van der Waals surface area contributed by atoms with E-state index in [-0.39, 0.29) is 6.04 Å². The SMILES string of the molecule is CCCNC(Cc1ccccc1C)c1ncccc1Br. The number of nitrogens with one attached hydrogen (secondary N) is 1. The molecule has 2 aromatic rings. The molecular weight excluding hydrogens is 312 g/mol. The first-order valence-electron chi connectivity index (χ1n) is 7.10. The Bertz CT molecular complexity index is 554. The van der Waals surface area contributed by atoms with Gasteiger partial charge in [-0.05, 0) is 65.5 Å². The van der Waals surface area contributed by atoms with Crippen LogP contribution in [0.15, 0.2) is 47.1 Å². The molecule has 106 valence electrons. The highest BCUT2D eigenvalue weighted by molar-refractivity contribution is 9.10. The Hall–Kier alpha value is -1.19. The first kappa shape index (κ1) is 15.2. The summed E-state index contributed by atoms with van der Waals surface area (Å²) in [7, 11) is 0. The monoisotopic (exact) mass is 332 g/mol. The molecule has 1 aromatic heterocycles. The summed E-state index contributed by atoms with van der Waals surface area (Å²) in [5.74, 6) is 0. The molecule has 2 rings (SSSR count). The third-order valence-electron chi connectivity index (χ3n) is 3.44. The number of nitrogens with zero attached hydrogens (tertiary/aromatic N) is 1. The van der Waals surface area contributed by atoms with Crippen LogP contribution >= 0.6 is 15.9 Å². The Morgan fingerprint density at radius 2 is 2.00 bits per heavy atom. The molecule has 0 fully saturated rings. The predicted molar refractivity (Wildman–Crippen MR) is 87.9 cm³/mol. The summed E-state index contributed by atoms with van der Waals surface area (Å²) < 4.78 is 1.07. The molecule has 1 atom stereocenters. The second-order valence-electron chi connectivity index (χ2n) is 5.01. The van der Waals surface area contributed by atoms with Crippen molar-refractivity contribution in [3.63, 3.8) is 0 Å². The van der Waals surface area contributed by atoms with Gasteiger partial charge in [0, 0.05) is 10.7 Å². The van der Waals surface area contributed by atoms with Gasteiger partial charge in [-0.2, -0.15) is 0 Å². The van der Waals surface area contributed by atoms with E-state index >= 15 is 0 Å². The number of hydrogen-bond donors (Lipinski definition) is 1. The zero-order valence-electron chi connectivity index (χ0n) is 12.1. The molecule has 0 bridgehead atoms. The van der Waals surface area contributed by atoms with Gasteiger partial charge in [0.2, 0.25) is 0 Å². The van der Waals surface area contributed by atoms with Crippen LogP contribution in [0.2, 0.25) is 0 Å². The Kier molecular flexibility index (Phi) is 5.74. The minimum Gasteiger partial charge on any atom is -0.308 e. The van der Waals surface area contributed by atoms with E-state index in [0.29, 0.717) is 0 Å². The van der Waals surface area contributed by atoms with Crippen molar-refractivity contribution in [2.24, 2.45) is 0 Å².